The van der Waals surface area contributed by atoms with E-state index in [1.807, 2.05) is 0 Å². The molecule has 4 aromatic rings. The summed E-state index contributed by atoms with van der Waals surface area (Å²) in [6, 6.07) is 11.6. The summed E-state index contributed by atoms with van der Waals surface area (Å²) in [5.41, 5.74) is 9.62. The van der Waals surface area contributed by atoms with Crippen LogP contribution in [0.1, 0.15) is 92.0 Å². The Kier molecular flexibility index (Phi) is 3.83. The first kappa shape index (κ1) is 21.1. The summed E-state index contributed by atoms with van der Waals surface area (Å²) in [5, 5.41) is 1.39. The van der Waals surface area contributed by atoms with Crippen LogP contribution in [-0.4, -0.2) is 9.38 Å². The molecule has 3 atom stereocenters. The van der Waals surface area contributed by atoms with Crippen LogP contribution >= 0.6 is 0 Å². The normalized spacial score (nSPS) is 26.5. The molecule has 172 valence electrons. The summed E-state index contributed by atoms with van der Waals surface area (Å²) in [5.74, 6) is 0.595. The fraction of sp³-hybridized carbons (Fsp3) is 0.533. The molecule has 0 radical (unpaired) electrons. The molecule has 1 aliphatic carbocycles. The third-order valence-corrected chi connectivity index (χ3v) is 9.28. The topological polar surface area (TPSA) is 21.2 Å². The van der Waals surface area contributed by atoms with Crippen LogP contribution in [-0.2, 0) is 21.8 Å². The molecule has 0 bridgehead atoms. The number of hydrogen-bond donors (Lipinski definition) is 0. The summed E-state index contributed by atoms with van der Waals surface area (Å²) in [4.78, 5) is 5.38. The maximum absolute atomic E-state index is 5.38. The maximum Gasteiger partial charge on any atom is 0.287 e. The average Bonchev–Trinajstić information content (AvgIpc) is 3.13. The Morgan fingerprint density at radius 3 is 2.30 bits per heavy atom. The number of fused-ring (bicyclic) bond motifs is 6. The number of imidazole rings is 1. The molecule has 6 rings (SSSR count). The smallest absolute Gasteiger partial charge is 0.247 e. The van der Waals surface area contributed by atoms with Crippen molar-refractivity contribution in [3.63, 3.8) is 0 Å². The first-order valence-corrected chi connectivity index (χ1v) is 12.8. The van der Waals surface area contributed by atoms with Gasteiger partial charge in [0.25, 0.3) is 5.65 Å². The maximum atomic E-state index is 5.38. The highest BCUT2D eigenvalue weighted by Gasteiger charge is 2.80. The Labute approximate surface area is 197 Å². The van der Waals surface area contributed by atoms with E-state index in [1.165, 1.54) is 38.9 Å². The van der Waals surface area contributed by atoms with Gasteiger partial charge in [0.05, 0.1) is 16.6 Å². The van der Waals surface area contributed by atoms with E-state index in [9.17, 15) is 0 Å². The van der Waals surface area contributed by atoms with Crippen molar-refractivity contribution in [2.24, 2.45) is 5.92 Å². The van der Waals surface area contributed by atoms with E-state index in [0.717, 1.165) is 18.4 Å². The van der Waals surface area contributed by atoms with Crippen LogP contribution in [0.25, 0.3) is 27.6 Å². The minimum atomic E-state index is -0.0537. The number of hydrogen-bond acceptors (Lipinski definition) is 1. The van der Waals surface area contributed by atoms with E-state index in [2.05, 4.69) is 108 Å². The highest BCUT2D eigenvalue weighted by Crippen LogP contribution is 2.71. The Hall–Kier alpha value is -2.42. The molecule has 33 heavy (non-hydrogen) atoms. The summed E-state index contributed by atoms with van der Waals surface area (Å²) < 4.78 is 5.25. The van der Waals surface area contributed by atoms with Gasteiger partial charge < -0.3 is 0 Å². The van der Waals surface area contributed by atoms with Crippen LogP contribution in [0.3, 0.4) is 0 Å². The van der Waals surface area contributed by atoms with Gasteiger partial charge in [-0.05, 0) is 41.5 Å². The van der Waals surface area contributed by atoms with Crippen LogP contribution < -0.4 is 4.57 Å². The van der Waals surface area contributed by atoms with Gasteiger partial charge in [0, 0.05) is 22.8 Å². The van der Waals surface area contributed by atoms with E-state index in [4.69, 9.17) is 4.98 Å². The highest BCUT2D eigenvalue weighted by atomic mass is 15.2. The Bertz CT molecular complexity index is 1480. The summed E-state index contributed by atoms with van der Waals surface area (Å²) in [6.45, 7) is 21.1. The van der Waals surface area contributed by atoms with Crippen LogP contribution in [0.2, 0.25) is 0 Å². The average molecular weight is 441 g/mol. The largest absolute Gasteiger partial charge is 0.287 e. The molecule has 3 unspecified atom stereocenters. The second kappa shape index (κ2) is 5.98. The fourth-order valence-electron chi connectivity index (χ4n) is 7.68. The Morgan fingerprint density at radius 1 is 0.970 bits per heavy atom. The number of rotatable bonds is 2. The van der Waals surface area contributed by atoms with E-state index in [0.29, 0.717) is 5.92 Å². The molecule has 4 heterocycles. The predicted molar refractivity (Wildman–Crippen MR) is 137 cm³/mol. The standard InChI is InChI=1S/C30H38N3/c1-10-29-18(3)30(29,11-2)33-22-16-15-19(27(4,5)6)17-32(22)25-24(33)23-20(29)13-12-14-21(23)31-26(25)28(7,8)9/h12-18H,10-11H2,1-9H3/q+1. The minimum absolute atomic E-state index is 0.0537. The number of aromatic nitrogens is 3. The van der Waals surface area contributed by atoms with Crippen LogP contribution in [0.15, 0.2) is 36.5 Å². The van der Waals surface area contributed by atoms with Crippen LogP contribution in [0, 0.1) is 5.92 Å². The molecule has 3 heteroatoms. The molecule has 0 saturated heterocycles. The molecule has 1 aliphatic heterocycles. The van der Waals surface area contributed by atoms with Gasteiger partial charge in [0.1, 0.15) is 11.7 Å². The molecular weight excluding hydrogens is 402 g/mol. The van der Waals surface area contributed by atoms with Gasteiger partial charge >= 0.3 is 0 Å². The van der Waals surface area contributed by atoms with Crippen molar-refractivity contribution >= 4 is 27.6 Å². The van der Waals surface area contributed by atoms with E-state index in [-0.39, 0.29) is 21.8 Å². The molecule has 1 saturated carbocycles. The van der Waals surface area contributed by atoms with Crippen LogP contribution in [0.4, 0.5) is 0 Å². The van der Waals surface area contributed by atoms with Gasteiger partial charge in [-0.15, -0.1) is 0 Å². The molecule has 1 fully saturated rings. The molecule has 0 N–H and O–H groups in total. The van der Waals surface area contributed by atoms with Crippen molar-refractivity contribution in [3.05, 3.63) is 53.3 Å². The van der Waals surface area contributed by atoms with Crippen molar-refractivity contribution in [1.29, 1.82) is 0 Å². The van der Waals surface area contributed by atoms with Gasteiger partial charge in [0.2, 0.25) is 5.52 Å². The minimum Gasteiger partial charge on any atom is -0.247 e. The molecule has 2 aliphatic rings. The van der Waals surface area contributed by atoms with Gasteiger partial charge in [-0.25, -0.2) is 9.55 Å². The predicted octanol–water partition coefficient (Wildman–Crippen LogP) is 6.94. The summed E-state index contributed by atoms with van der Waals surface area (Å²) in [6.07, 6.45) is 4.70. The second-order valence-corrected chi connectivity index (χ2v) is 12.7. The first-order chi connectivity index (χ1) is 15.4. The second-order valence-electron chi connectivity index (χ2n) is 12.7. The van der Waals surface area contributed by atoms with Gasteiger partial charge in [0.15, 0.2) is 5.52 Å². The van der Waals surface area contributed by atoms with Gasteiger partial charge in [-0.3, -0.25) is 0 Å². The molecule has 3 nitrogen and oxygen atoms in total. The number of benzene rings is 1. The zero-order chi connectivity index (χ0) is 23.7. The first-order valence-electron chi connectivity index (χ1n) is 12.8. The van der Waals surface area contributed by atoms with Crippen molar-refractivity contribution in [1.82, 2.24) is 9.38 Å². The Balaban J connectivity index is 1.94. The lowest BCUT2D eigenvalue weighted by Crippen LogP contribution is -2.53. The lowest BCUT2D eigenvalue weighted by Gasteiger charge is -2.29. The SMILES string of the molecule is CCC12c3cccc4nc(C(C)(C)C)c5c(c34)[n+](c3ccc(C(C)(C)C)cn53)C1(CC)C2C. The zero-order valence-corrected chi connectivity index (χ0v) is 21.8. The Morgan fingerprint density at radius 2 is 1.70 bits per heavy atom. The van der Waals surface area contributed by atoms with E-state index in [1.54, 1.807) is 0 Å². The summed E-state index contributed by atoms with van der Waals surface area (Å²) >= 11 is 0. The number of nitrogens with zero attached hydrogens (tertiary/aromatic N) is 3. The third kappa shape index (κ3) is 2.18. The van der Waals surface area contributed by atoms with E-state index >= 15 is 0 Å². The van der Waals surface area contributed by atoms with Gasteiger partial charge in [-0.1, -0.05) is 74.4 Å². The van der Waals surface area contributed by atoms with Crippen molar-refractivity contribution < 1.29 is 4.57 Å². The lowest BCUT2D eigenvalue weighted by atomic mass is 9.80. The highest BCUT2D eigenvalue weighted by molar-refractivity contribution is 6.06. The molecule has 3 aromatic heterocycles. The fourth-order valence-corrected chi connectivity index (χ4v) is 7.68. The van der Waals surface area contributed by atoms with Crippen molar-refractivity contribution in [2.75, 3.05) is 0 Å². The van der Waals surface area contributed by atoms with Crippen molar-refractivity contribution in [2.45, 2.75) is 96.9 Å². The monoisotopic (exact) mass is 440 g/mol. The quantitative estimate of drug-likeness (QED) is 0.309. The summed E-state index contributed by atoms with van der Waals surface area (Å²) in [7, 11) is 0. The lowest BCUT2D eigenvalue weighted by molar-refractivity contribution is -0.700. The van der Waals surface area contributed by atoms with Gasteiger partial charge in [-0.2, -0.15) is 4.40 Å². The zero-order valence-electron chi connectivity index (χ0n) is 21.8. The van der Waals surface area contributed by atoms with Crippen molar-refractivity contribution in [3.8, 4) is 0 Å². The van der Waals surface area contributed by atoms with Crippen LogP contribution in [0.5, 0.6) is 0 Å². The molecule has 0 amide bonds. The molecular formula is C30H38N3+. The number of pyridine rings is 2. The van der Waals surface area contributed by atoms with E-state index < -0.39 is 0 Å². The molecule has 1 aromatic carbocycles. The third-order valence-electron chi connectivity index (χ3n) is 9.28. The molecule has 0 spiro atoms.